The van der Waals surface area contributed by atoms with Crippen molar-refractivity contribution in [3.63, 3.8) is 0 Å². The van der Waals surface area contributed by atoms with Gasteiger partial charge < -0.3 is 15.1 Å². The summed E-state index contributed by atoms with van der Waals surface area (Å²) in [7, 11) is 2.08. The van der Waals surface area contributed by atoms with Crippen LogP contribution < -0.4 is 10.2 Å². The second-order valence-corrected chi connectivity index (χ2v) is 9.76. The lowest BCUT2D eigenvalue weighted by Gasteiger charge is -2.38. The molecule has 1 aromatic rings. The van der Waals surface area contributed by atoms with Crippen molar-refractivity contribution in [3.8, 4) is 0 Å². The van der Waals surface area contributed by atoms with Crippen LogP contribution in [0.3, 0.4) is 0 Å². The number of carbonyl (C=O) groups is 2. The number of nitrogens with one attached hydrogen (secondary N) is 1. The van der Waals surface area contributed by atoms with Crippen molar-refractivity contribution in [2.75, 3.05) is 77.4 Å². The number of amides is 2. The maximum Gasteiger partial charge on any atom is 0.236 e. The molecule has 0 radical (unpaired) electrons. The fourth-order valence-electron chi connectivity index (χ4n) is 4.88. The van der Waals surface area contributed by atoms with Crippen molar-refractivity contribution in [2.45, 2.75) is 26.7 Å². The van der Waals surface area contributed by atoms with Gasteiger partial charge in [0.15, 0.2) is 0 Å². The average Bonchev–Trinajstić information content (AvgIpc) is 2.78. The lowest BCUT2D eigenvalue weighted by atomic mass is 9.92. The van der Waals surface area contributed by atoms with Crippen LogP contribution >= 0.6 is 0 Å². The summed E-state index contributed by atoms with van der Waals surface area (Å²) in [6, 6.07) is 10.3. The summed E-state index contributed by atoms with van der Waals surface area (Å²) in [4.78, 5) is 33.7. The molecule has 2 aliphatic heterocycles. The third kappa shape index (κ3) is 7.78. The first kappa shape index (κ1) is 24.5. The SMILES string of the molecule is CC1CC(C)CN(C(=O)CN2CCN(CC(=O)NCCCN(C)c3ccccc3)CC2)C1. The van der Waals surface area contributed by atoms with Crippen LogP contribution in [0.15, 0.2) is 30.3 Å². The Hall–Kier alpha value is -2.12. The Morgan fingerprint density at radius 3 is 2.19 bits per heavy atom. The highest BCUT2D eigenvalue weighted by molar-refractivity contribution is 5.78. The van der Waals surface area contributed by atoms with Crippen molar-refractivity contribution < 1.29 is 9.59 Å². The van der Waals surface area contributed by atoms with Crippen molar-refractivity contribution in [3.05, 3.63) is 30.3 Å². The molecule has 2 heterocycles. The van der Waals surface area contributed by atoms with Gasteiger partial charge in [0, 0.05) is 65.1 Å². The fourth-order valence-corrected chi connectivity index (χ4v) is 4.88. The summed E-state index contributed by atoms with van der Waals surface area (Å²) < 4.78 is 0. The van der Waals surface area contributed by atoms with Gasteiger partial charge in [-0.1, -0.05) is 32.0 Å². The first-order chi connectivity index (χ1) is 15.4. The van der Waals surface area contributed by atoms with Gasteiger partial charge in [0.25, 0.3) is 0 Å². The predicted octanol–water partition coefficient (Wildman–Crippen LogP) is 1.75. The number of para-hydroxylation sites is 1. The average molecular weight is 444 g/mol. The molecule has 0 saturated carbocycles. The summed E-state index contributed by atoms with van der Waals surface area (Å²) in [6.45, 7) is 12.2. The van der Waals surface area contributed by atoms with Gasteiger partial charge in [-0.25, -0.2) is 0 Å². The number of anilines is 1. The van der Waals surface area contributed by atoms with Crippen LogP contribution in [0.2, 0.25) is 0 Å². The molecule has 7 nitrogen and oxygen atoms in total. The van der Waals surface area contributed by atoms with Gasteiger partial charge in [-0.05, 0) is 36.8 Å². The molecule has 1 aromatic carbocycles. The minimum absolute atomic E-state index is 0.0909. The van der Waals surface area contributed by atoms with E-state index in [0.717, 1.165) is 52.2 Å². The topological polar surface area (TPSA) is 59.1 Å². The van der Waals surface area contributed by atoms with E-state index < -0.39 is 0 Å². The van der Waals surface area contributed by atoms with Gasteiger partial charge in [0.2, 0.25) is 11.8 Å². The smallest absolute Gasteiger partial charge is 0.236 e. The number of nitrogens with zero attached hydrogens (tertiary/aromatic N) is 4. The third-order valence-electron chi connectivity index (χ3n) is 6.60. The Bertz CT molecular complexity index is 710. The molecule has 2 amide bonds. The maximum atomic E-state index is 12.7. The number of piperidine rings is 1. The zero-order valence-electron chi connectivity index (χ0n) is 20.1. The Morgan fingerprint density at radius 1 is 0.969 bits per heavy atom. The van der Waals surface area contributed by atoms with Crippen molar-refractivity contribution in [2.24, 2.45) is 11.8 Å². The maximum absolute atomic E-state index is 12.7. The molecular weight excluding hydrogens is 402 g/mol. The van der Waals surface area contributed by atoms with Gasteiger partial charge >= 0.3 is 0 Å². The highest BCUT2D eigenvalue weighted by Crippen LogP contribution is 2.21. The first-order valence-electron chi connectivity index (χ1n) is 12.2. The summed E-state index contributed by atoms with van der Waals surface area (Å²) in [6.07, 6.45) is 2.13. The predicted molar refractivity (Wildman–Crippen MR) is 130 cm³/mol. The third-order valence-corrected chi connectivity index (χ3v) is 6.60. The summed E-state index contributed by atoms with van der Waals surface area (Å²) >= 11 is 0. The van der Waals surface area contributed by atoms with Gasteiger partial charge in [0.05, 0.1) is 13.1 Å². The number of benzene rings is 1. The number of rotatable bonds is 9. The van der Waals surface area contributed by atoms with E-state index >= 15 is 0 Å². The first-order valence-corrected chi connectivity index (χ1v) is 12.2. The second-order valence-electron chi connectivity index (χ2n) is 9.76. The number of carbonyl (C=O) groups excluding carboxylic acids is 2. The minimum atomic E-state index is 0.0909. The Kier molecular flexibility index (Phi) is 9.36. The van der Waals surface area contributed by atoms with E-state index in [9.17, 15) is 9.59 Å². The summed E-state index contributed by atoms with van der Waals surface area (Å²) in [5.74, 6) is 1.54. The Labute approximate surface area is 193 Å². The molecule has 2 fully saturated rings. The number of hydrogen-bond donors (Lipinski definition) is 1. The Morgan fingerprint density at radius 2 is 1.56 bits per heavy atom. The van der Waals surface area contributed by atoms with Crippen LogP contribution in [0.25, 0.3) is 0 Å². The van der Waals surface area contributed by atoms with E-state index in [4.69, 9.17) is 0 Å². The van der Waals surface area contributed by atoms with E-state index in [-0.39, 0.29) is 11.8 Å². The molecule has 2 aliphatic rings. The molecule has 1 N–H and O–H groups in total. The van der Waals surface area contributed by atoms with Crippen molar-refractivity contribution in [1.29, 1.82) is 0 Å². The molecule has 2 atom stereocenters. The lowest BCUT2D eigenvalue weighted by molar-refractivity contribution is -0.135. The van der Waals surface area contributed by atoms with Crippen LogP contribution in [0.4, 0.5) is 5.69 Å². The molecule has 0 aromatic heterocycles. The molecule has 32 heavy (non-hydrogen) atoms. The highest BCUT2D eigenvalue weighted by atomic mass is 16.2. The van der Waals surface area contributed by atoms with Gasteiger partial charge in [-0.15, -0.1) is 0 Å². The van der Waals surface area contributed by atoms with E-state index in [1.54, 1.807) is 0 Å². The second kappa shape index (κ2) is 12.2. The van der Waals surface area contributed by atoms with Crippen LogP contribution in [-0.2, 0) is 9.59 Å². The van der Waals surface area contributed by atoms with E-state index in [1.165, 1.54) is 12.1 Å². The van der Waals surface area contributed by atoms with Gasteiger partial charge in [-0.3, -0.25) is 19.4 Å². The monoisotopic (exact) mass is 443 g/mol. The summed E-state index contributed by atoms with van der Waals surface area (Å²) in [5.41, 5.74) is 1.19. The lowest BCUT2D eigenvalue weighted by Crippen LogP contribution is -2.53. The van der Waals surface area contributed by atoms with E-state index in [0.29, 0.717) is 31.5 Å². The van der Waals surface area contributed by atoms with Crippen molar-refractivity contribution in [1.82, 2.24) is 20.0 Å². The number of likely N-dealkylation sites (tertiary alicyclic amines) is 1. The van der Waals surface area contributed by atoms with Crippen LogP contribution in [0.1, 0.15) is 26.7 Å². The molecule has 7 heteroatoms. The molecular formula is C25H41N5O2. The zero-order valence-corrected chi connectivity index (χ0v) is 20.1. The zero-order chi connectivity index (χ0) is 22.9. The highest BCUT2D eigenvalue weighted by Gasteiger charge is 2.27. The molecule has 3 rings (SSSR count). The summed E-state index contributed by atoms with van der Waals surface area (Å²) in [5, 5.41) is 3.05. The van der Waals surface area contributed by atoms with Gasteiger partial charge in [0.1, 0.15) is 0 Å². The van der Waals surface area contributed by atoms with Crippen molar-refractivity contribution >= 4 is 17.5 Å². The molecule has 0 aliphatic carbocycles. The van der Waals surface area contributed by atoms with Crippen LogP contribution in [0, 0.1) is 11.8 Å². The van der Waals surface area contributed by atoms with E-state index in [2.05, 4.69) is 53.0 Å². The standard InChI is InChI=1S/C25H41N5O2/c1-21-16-22(2)18-30(17-21)25(32)20-29-14-12-28(13-15-29)19-24(31)26-10-7-11-27(3)23-8-5-4-6-9-23/h4-6,8-9,21-22H,7,10-20H2,1-3H3,(H,26,31). The minimum Gasteiger partial charge on any atom is -0.375 e. The molecule has 178 valence electrons. The molecule has 2 unspecified atom stereocenters. The van der Waals surface area contributed by atoms with E-state index in [1.807, 2.05) is 23.1 Å². The molecule has 2 saturated heterocycles. The van der Waals surface area contributed by atoms with Gasteiger partial charge in [-0.2, -0.15) is 0 Å². The quantitative estimate of drug-likeness (QED) is 0.590. The largest absolute Gasteiger partial charge is 0.375 e. The number of piperazine rings is 1. The fraction of sp³-hybridized carbons (Fsp3) is 0.680. The molecule has 0 bridgehead atoms. The number of hydrogen-bond acceptors (Lipinski definition) is 5. The van der Waals surface area contributed by atoms with Crippen LogP contribution in [0.5, 0.6) is 0 Å². The Balaban J connectivity index is 1.27. The normalized spacial score (nSPS) is 22.5. The van der Waals surface area contributed by atoms with Crippen LogP contribution in [-0.4, -0.2) is 99.0 Å². The molecule has 0 spiro atoms.